The first-order valence-corrected chi connectivity index (χ1v) is 9.12. The van der Waals surface area contributed by atoms with Gasteiger partial charge in [-0.15, -0.1) is 5.10 Å². The standard InChI is InChI=1S/C18H16N12/c1-27-7-14(24-26-27)13-8-29-15(2-5-22-29)16(23-13)12-6-30(25-17(12)21)18(3-4-19)9-28(10-18)11-20/h2,5-8H,3,9-10H2,1H3,(H2,21,25). The Hall–Kier alpha value is -4.45. The molecular formula is C18H16N12. The molecule has 1 saturated heterocycles. The van der Waals surface area contributed by atoms with E-state index in [1.54, 1.807) is 50.6 Å². The van der Waals surface area contributed by atoms with Crippen LogP contribution in [0.15, 0.2) is 30.9 Å². The van der Waals surface area contributed by atoms with Crippen LogP contribution in [0.4, 0.5) is 5.82 Å². The highest BCUT2D eigenvalue weighted by molar-refractivity contribution is 5.83. The Kier molecular flexibility index (Phi) is 3.69. The number of hydrogen-bond acceptors (Lipinski definition) is 9. The van der Waals surface area contributed by atoms with Crippen molar-refractivity contribution >= 4 is 11.3 Å². The molecule has 0 bridgehead atoms. The zero-order chi connectivity index (χ0) is 20.9. The molecule has 148 valence electrons. The number of nitriles is 2. The van der Waals surface area contributed by atoms with Gasteiger partial charge < -0.3 is 10.6 Å². The predicted molar refractivity (Wildman–Crippen MR) is 104 cm³/mol. The van der Waals surface area contributed by atoms with Crippen molar-refractivity contribution < 1.29 is 0 Å². The van der Waals surface area contributed by atoms with E-state index in [4.69, 9.17) is 16.0 Å². The first kappa shape index (κ1) is 17.6. The summed E-state index contributed by atoms with van der Waals surface area (Å²) in [4.78, 5) is 6.35. The minimum atomic E-state index is -0.587. The van der Waals surface area contributed by atoms with E-state index in [1.165, 1.54) is 0 Å². The lowest BCUT2D eigenvalue weighted by molar-refractivity contribution is 0.0507. The van der Waals surface area contributed by atoms with Crippen molar-refractivity contribution in [2.45, 2.75) is 12.0 Å². The lowest BCUT2D eigenvalue weighted by Gasteiger charge is -2.46. The van der Waals surface area contributed by atoms with Gasteiger partial charge in [-0.25, -0.2) is 9.50 Å². The van der Waals surface area contributed by atoms with Gasteiger partial charge in [0.2, 0.25) is 0 Å². The number of anilines is 1. The number of rotatable bonds is 4. The van der Waals surface area contributed by atoms with Crippen molar-refractivity contribution in [3.8, 4) is 34.9 Å². The number of aromatic nitrogens is 8. The Balaban J connectivity index is 1.64. The molecule has 1 aliphatic rings. The molecule has 0 radical (unpaired) electrons. The summed E-state index contributed by atoms with van der Waals surface area (Å²) in [7, 11) is 1.78. The van der Waals surface area contributed by atoms with Crippen molar-refractivity contribution in [2.24, 2.45) is 7.05 Å². The molecule has 0 aromatic carbocycles. The molecule has 12 heteroatoms. The Morgan fingerprint density at radius 1 is 1.20 bits per heavy atom. The third kappa shape index (κ3) is 2.55. The van der Waals surface area contributed by atoms with Gasteiger partial charge in [0.25, 0.3) is 0 Å². The van der Waals surface area contributed by atoms with Gasteiger partial charge in [-0.1, -0.05) is 5.21 Å². The third-order valence-electron chi connectivity index (χ3n) is 5.26. The monoisotopic (exact) mass is 400 g/mol. The first-order chi connectivity index (χ1) is 14.5. The second-order valence-electron chi connectivity index (χ2n) is 7.30. The summed E-state index contributed by atoms with van der Waals surface area (Å²) < 4.78 is 4.99. The molecule has 0 aliphatic carbocycles. The van der Waals surface area contributed by atoms with Gasteiger partial charge >= 0.3 is 0 Å². The number of nitrogen functional groups attached to an aromatic ring is 1. The lowest BCUT2D eigenvalue weighted by Crippen LogP contribution is -2.60. The lowest BCUT2D eigenvalue weighted by atomic mass is 9.87. The van der Waals surface area contributed by atoms with E-state index in [9.17, 15) is 5.26 Å². The number of likely N-dealkylation sites (tertiary alicyclic amines) is 1. The molecule has 30 heavy (non-hydrogen) atoms. The SMILES string of the molecule is Cn1cc(-c2cn3nccc3c(-c3cn(C4(CC#N)CN(C#N)C4)nc3N)n2)nn1. The van der Waals surface area contributed by atoms with Gasteiger partial charge in [0.1, 0.15) is 22.6 Å². The Labute approximate surface area is 170 Å². The minimum absolute atomic E-state index is 0.223. The Bertz CT molecular complexity index is 1340. The van der Waals surface area contributed by atoms with Crippen LogP contribution in [-0.2, 0) is 12.6 Å². The predicted octanol–water partition coefficient (Wildman–Crippen LogP) is 0.376. The second-order valence-corrected chi connectivity index (χ2v) is 7.30. The van der Waals surface area contributed by atoms with Crippen LogP contribution in [0, 0.1) is 22.8 Å². The zero-order valence-electron chi connectivity index (χ0n) is 16.0. The molecule has 12 nitrogen and oxygen atoms in total. The number of aryl methyl sites for hydroxylation is 1. The number of nitrogens with zero attached hydrogens (tertiary/aromatic N) is 11. The highest BCUT2D eigenvalue weighted by Crippen LogP contribution is 2.36. The molecule has 4 aromatic rings. The molecular weight excluding hydrogens is 384 g/mol. The van der Waals surface area contributed by atoms with E-state index >= 15 is 0 Å². The van der Waals surface area contributed by atoms with Gasteiger partial charge in [-0.3, -0.25) is 9.36 Å². The molecule has 1 aliphatic heterocycles. The zero-order valence-corrected chi connectivity index (χ0v) is 16.0. The summed E-state index contributed by atoms with van der Waals surface area (Å²) in [5.74, 6) is 0.287. The van der Waals surface area contributed by atoms with E-state index in [2.05, 4.69) is 32.8 Å². The van der Waals surface area contributed by atoms with Crippen LogP contribution < -0.4 is 5.73 Å². The van der Waals surface area contributed by atoms with Crippen LogP contribution in [0.25, 0.3) is 28.2 Å². The van der Waals surface area contributed by atoms with E-state index in [1.807, 2.05) is 6.07 Å². The summed E-state index contributed by atoms with van der Waals surface area (Å²) >= 11 is 0. The topological polar surface area (TPSA) is 156 Å². The smallest absolute Gasteiger partial charge is 0.179 e. The first-order valence-electron chi connectivity index (χ1n) is 9.12. The summed E-state index contributed by atoms with van der Waals surface area (Å²) in [5, 5.41) is 35.3. The van der Waals surface area contributed by atoms with Crippen LogP contribution in [0.3, 0.4) is 0 Å². The van der Waals surface area contributed by atoms with Gasteiger partial charge in [0, 0.05) is 13.2 Å². The fourth-order valence-corrected chi connectivity index (χ4v) is 3.75. The molecule has 2 N–H and O–H groups in total. The highest BCUT2D eigenvalue weighted by atomic mass is 15.4. The molecule has 0 unspecified atom stereocenters. The second kappa shape index (κ2) is 6.28. The fourth-order valence-electron chi connectivity index (χ4n) is 3.75. The Morgan fingerprint density at radius 2 is 2.03 bits per heavy atom. The molecule has 1 fully saturated rings. The number of fused-ring (bicyclic) bond motifs is 1. The van der Waals surface area contributed by atoms with Crippen molar-refractivity contribution in [3.05, 3.63) is 30.9 Å². The Morgan fingerprint density at radius 3 is 2.73 bits per heavy atom. The quantitative estimate of drug-likeness (QED) is 0.478. The average molecular weight is 400 g/mol. The van der Waals surface area contributed by atoms with Crippen LogP contribution in [0.1, 0.15) is 6.42 Å². The minimum Gasteiger partial charge on any atom is -0.382 e. The number of hydrogen-bond donors (Lipinski definition) is 1. The average Bonchev–Trinajstić information content (AvgIpc) is 3.43. The summed E-state index contributed by atoms with van der Waals surface area (Å²) in [5.41, 5.74) is 8.86. The molecule has 0 saturated carbocycles. The van der Waals surface area contributed by atoms with Crippen molar-refractivity contribution in [1.82, 2.24) is 44.3 Å². The summed E-state index contributed by atoms with van der Waals surface area (Å²) in [6, 6.07) is 4.03. The molecule has 5 heterocycles. The molecule has 0 atom stereocenters. The van der Waals surface area contributed by atoms with Crippen molar-refractivity contribution in [3.63, 3.8) is 0 Å². The highest BCUT2D eigenvalue weighted by Gasteiger charge is 2.46. The molecule has 0 amide bonds. The fraction of sp³-hybridized carbons (Fsp3) is 0.278. The molecule has 5 rings (SSSR count). The van der Waals surface area contributed by atoms with Crippen LogP contribution in [0.2, 0.25) is 0 Å². The van der Waals surface area contributed by atoms with Crippen LogP contribution >= 0.6 is 0 Å². The maximum absolute atomic E-state index is 9.30. The normalized spacial score (nSPS) is 15.0. The van der Waals surface area contributed by atoms with E-state index in [-0.39, 0.29) is 12.2 Å². The van der Waals surface area contributed by atoms with E-state index in [0.29, 0.717) is 35.7 Å². The van der Waals surface area contributed by atoms with Gasteiger partial charge in [-0.2, -0.15) is 20.7 Å². The maximum atomic E-state index is 9.30. The van der Waals surface area contributed by atoms with Crippen LogP contribution in [-0.4, -0.2) is 57.4 Å². The van der Waals surface area contributed by atoms with Gasteiger partial charge in [0.15, 0.2) is 12.0 Å². The summed E-state index contributed by atoms with van der Waals surface area (Å²) in [6.07, 6.45) is 9.33. The van der Waals surface area contributed by atoms with E-state index < -0.39 is 5.54 Å². The van der Waals surface area contributed by atoms with Crippen LogP contribution in [0.5, 0.6) is 0 Å². The number of nitrogens with two attached hydrogens (primary N) is 1. The van der Waals surface area contributed by atoms with Crippen molar-refractivity contribution in [2.75, 3.05) is 18.8 Å². The van der Waals surface area contributed by atoms with Gasteiger partial charge in [-0.05, 0) is 6.07 Å². The largest absolute Gasteiger partial charge is 0.382 e. The summed E-state index contributed by atoms with van der Waals surface area (Å²) in [6.45, 7) is 0.819. The molecule has 0 spiro atoms. The van der Waals surface area contributed by atoms with Gasteiger partial charge in [0.05, 0.1) is 55.3 Å². The van der Waals surface area contributed by atoms with E-state index in [0.717, 1.165) is 5.52 Å². The molecule has 4 aromatic heterocycles. The van der Waals surface area contributed by atoms with Crippen molar-refractivity contribution in [1.29, 1.82) is 10.5 Å². The maximum Gasteiger partial charge on any atom is 0.179 e. The third-order valence-corrected chi connectivity index (χ3v) is 5.26.